The Morgan fingerprint density at radius 2 is 1.75 bits per heavy atom. The Morgan fingerprint density at radius 3 is 2.42 bits per heavy atom. The molecule has 0 heterocycles. The van der Waals surface area contributed by atoms with Crippen molar-refractivity contribution in [3.63, 3.8) is 0 Å². The summed E-state index contributed by atoms with van der Waals surface area (Å²) in [6, 6.07) is 11.7. The molecule has 0 unspecified atom stereocenters. The third-order valence-electron chi connectivity index (χ3n) is 4.68. The molecule has 1 aliphatic carbocycles. The van der Waals surface area contributed by atoms with Gasteiger partial charge < -0.3 is 4.74 Å². The van der Waals surface area contributed by atoms with Gasteiger partial charge in [0.05, 0.1) is 10.9 Å². The molecule has 2 aromatic rings. The summed E-state index contributed by atoms with van der Waals surface area (Å²) >= 11 is 6.00. The van der Waals surface area contributed by atoms with Crippen molar-refractivity contribution in [2.24, 2.45) is 11.8 Å². The van der Waals surface area contributed by atoms with Gasteiger partial charge in [-0.3, -0.25) is 4.79 Å². The largest absolute Gasteiger partial charge is 0.426 e. The predicted octanol–water partition coefficient (Wildman–Crippen LogP) is 5.88. The van der Waals surface area contributed by atoms with Crippen LogP contribution in [0.3, 0.4) is 0 Å². The quantitative estimate of drug-likeness (QED) is 0.512. The zero-order valence-corrected chi connectivity index (χ0v) is 14.4. The first-order valence-electron chi connectivity index (χ1n) is 8.30. The number of hydrogen-bond donors (Lipinski definition) is 0. The lowest BCUT2D eigenvalue weighted by atomic mass is 9.83. The first-order chi connectivity index (χ1) is 11.5. The molecule has 1 aliphatic rings. The van der Waals surface area contributed by atoms with Crippen molar-refractivity contribution in [3.05, 3.63) is 53.3 Å². The van der Waals surface area contributed by atoms with E-state index in [-0.39, 0.29) is 16.9 Å². The number of esters is 1. The van der Waals surface area contributed by atoms with E-state index in [9.17, 15) is 9.18 Å². The third kappa shape index (κ3) is 3.78. The molecule has 0 atom stereocenters. The number of benzene rings is 2. The molecule has 0 aliphatic heterocycles. The van der Waals surface area contributed by atoms with Gasteiger partial charge in [0.1, 0.15) is 11.6 Å². The number of carbonyl (C=O) groups is 1. The van der Waals surface area contributed by atoms with Gasteiger partial charge >= 0.3 is 5.97 Å². The molecule has 0 amide bonds. The average Bonchev–Trinajstić information content (AvgIpc) is 2.59. The van der Waals surface area contributed by atoms with Crippen LogP contribution in [0.15, 0.2) is 42.5 Å². The Balaban J connectivity index is 1.68. The second-order valence-corrected chi connectivity index (χ2v) is 6.88. The maximum absolute atomic E-state index is 13.5. The highest BCUT2D eigenvalue weighted by Crippen LogP contribution is 2.32. The highest BCUT2D eigenvalue weighted by Gasteiger charge is 2.25. The molecular weight excluding hydrogens is 327 g/mol. The Labute approximate surface area is 146 Å². The molecule has 2 nitrogen and oxygen atoms in total. The van der Waals surface area contributed by atoms with Crippen molar-refractivity contribution in [2.45, 2.75) is 32.6 Å². The number of ether oxygens (including phenoxy) is 1. The Bertz CT molecular complexity index is 719. The highest BCUT2D eigenvalue weighted by molar-refractivity contribution is 6.33. The summed E-state index contributed by atoms with van der Waals surface area (Å²) in [5.41, 5.74) is 1.40. The van der Waals surface area contributed by atoms with E-state index >= 15 is 0 Å². The maximum atomic E-state index is 13.5. The number of carbonyl (C=O) groups excluding carboxylic acids is 1. The summed E-state index contributed by atoms with van der Waals surface area (Å²) in [5, 5.41) is 0.0959. The van der Waals surface area contributed by atoms with Crippen LogP contribution in [0.4, 0.5) is 4.39 Å². The van der Waals surface area contributed by atoms with Crippen LogP contribution < -0.4 is 4.74 Å². The minimum Gasteiger partial charge on any atom is -0.426 e. The lowest BCUT2D eigenvalue weighted by Gasteiger charge is -2.24. The molecule has 0 saturated heterocycles. The van der Waals surface area contributed by atoms with Crippen molar-refractivity contribution in [1.29, 1.82) is 0 Å². The van der Waals surface area contributed by atoms with E-state index < -0.39 is 5.82 Å². The number of halogens is 2. The molecule has 126 valence electrons. The van der Waals surface area contributed by atoms with E-state index in [1.807, 2.05) is 0 Å². The molecule has 2 aromatic carbocycles. The first kappa shape index (κ1) is 17.0. The van der Waals surface area contributed by atoms with Crippen LogP contribution in [0.25, 0.3) is 11.1 Å². The summed E-state index contributed by atoms with van der Waals surface area (Å²) in [6.45, 7) is 2.22. The summed E-state index contributed by atoms with van der Waals surface area (Å²) in [5.74, 6) is 0.604. The second-order valence-electron chi connectivity index (χ2n) is 6.50. The van der Waals surface area contributed by atoms with Crippen LogP contribution in [0.2, 0.25) is 5.02 Å². The Kier molecular flexibility index (Phi) is 5.20. The van der Waals surface area contributed by atoms with Crippen molar-refractivity contribution in [1.82, 2.24) is 0 Å². The summed E-state index contributed by atoms with van der Waals surface area (Å²) in [4.78, 5) is 12.2. The molecule has 0 spiro atoms. The van der Waals surface area contributed by atoms with Crippen LogP contribution in [0, 0.1) is 17.7 Å². The number of rotatable bonds is 3. The fourth-order valence-electron chi connectivity index (χ4n) is 3.12. The molecule has 4 heteroatoms. The highest BCUT2D eigenvalue weighted by atomic mass is 35.5. The second kappa shape index (κ2) is 7.35. The van der Waals surface area contributed by atoms with Gasteiger partial charge in [0.15, 0.2) is 0 Å². The van der Waals surface area contributed by atoms with Gasteiger partial charge in [-0.15, -0.1) is 0 Å². The van der Waals surface area contributed by atoms with Crippen molar-refractivity contribution in [3.8, 4) is 16.9 Å². The molecule has 24 heavy (non-hydrogen) atoms. The lowest BCUT2D eigenvalue weighted by Crippen LogP contribution is -2.24. The van der Waals surface area contributed by atoms with Crippen molar-refractivity contribution >= 4 is 17.6 Å². The Hall–Kier alpha value is -1.87. The van der Waals surface area contributed by atoms with Gasteiger partial charge in [0, 0.05) is 5.56 Å². The fraction of sp³-hybridized carbons (Fsp3) is 0.350. The van der Waals surface area contributed by atoms with E-state index in [1.54, 1.807) is 36.4 Å². The van der Waals surface area contributed by atoms with Crippen LogP contribution in [0.5, 0.6) is 5.75 Å². The first-order valence-corrected chi connectivity index (χ1v) is 8.68. The number of hydrogen-bond acceptors (Lipinski definition) is 2. The summed E-state index contributed by atoms with van der Waals surface area (Å²) in [7, 11) is 0. The smallest absolute Gasteiger partial charge is 0.314 e. The van der Waals surface area contributed by atoms with Gasteiger partial charge in [0.2, 0.25) is 0 Å². The SMILES string of the molecule is CC1CCC(C(=O)Oc2ccc(-c3cccc(F)c3Cl)cc2)CC1. The summed E-state index contributed by atoms with van der Waals surface area (Å²) in [6.07, 6.45) is 3.96. The van der Waals surface area contributed by atoms with E-state index in [1.165, 1.54) is 6.07 Å². The van der Waals surface area contributed by atoms with Gasteiger partial charge in [0.25, 0.3) is 0 Å². The van der Waals surface area contributed by atoms with Crippen LogP contribution in [-0.4, -0.2) is 5.97 Å². The van der Waals surface area contributed by atoms with Crippen molar-refractivity contribution in [2.75, 3.05) is 0 Å². The monoisotopic (exact) mass is 346 g/mol. The normalized spacial score (nSPS) is 20.6. The molecule has 3 rings (SSSR count). The lowest BCUT2D eigenvalue weighted by molar-refractivity contribution is -0.140. The van der Waals surface area contributed by atoms with E-state index in [2.05, 4.69) is 6.92 Å². The zero-order valence-electron chi connectivity index (χ0n) is 13.6. The molecular formula is C20H20ClFO2. The molecule has 1 saturated carbocycles. The van der Waals surface area contributed by atoms with Crippen LogP contribution >= 0.6 is 11.6 Å². The standard InChI is InChI=1S/C20H20ClFO2/c1-13-5-7-15(8-6-13)20(23)24-16-11-9-14(10-12-16)17-3-2-4-18(22)19(17)21/h2-4,9-13,15H,5-8H2,1H3. The minimum absolute atomic E-state index is 0.00135. The Morgan fingerprint density at radius 1 is 1.08 bits per heavy atom. The van der Waals surface area contributed by atoms with Gasteiger partial charge in [-0.1, -0.05) is 42.8 Å². The fourth-order valence-corrected chi connectivity index (χ4v) is 3.36. The van der Waals surface area contributed by atoms with Crippen LogP contribution in [0.1, 0.15) is 32.6 Å². The van der Waals surface area contributed by atoms with E-state index in [0.29, 0.717) is 17.2 Å². The molecule has 0 aromatic heterocycles. The average molecular weight is 347 g/mol. The van der Waals surface area contributed by atoms with E-state index in [0.717, 1.165) is 31.2 Å². The topological polar surface area (TPSA) is 26.3 Å². The molecule has 0 radical (unpaired) electrons. The molecule has 0 N–H and O–H groups in total. The molecule has 0 bridgehead atoms. The van der Waals surface area contributed by atoms with Crippen molar-refractivity contribution < 1.29 is 13.9 Å². The predicted molar refractivity (Wildman–Crippen MR) is 93.6 cm³/mol. The summed E-state index contributed by atoms with van der Waals surface area (Å²) < 4.78 is 19.0. The minimum atomic E-state index is -0.448. The van der Waals surface area contributed by atoms with Gasteiger partial charge in [-0.2, -0.15) is 0 Å². The zero-order chi connectivity index (χ0) is 17.1. The van der Waals surface area contributed by atoms with Gasteiger partial charge in [-0.25, -0.2) is 4.39 Å². The maximum Gasteiger partial charge on any atom is 0.314 e. The van der Waals surface area contributed by atoms with E-state index in [4.69, 9.17) is 16.3 Å². The van der Waals surface area contributed by atoms with Gasteiger partial charge in [-0.05, 0) is 55.4 Å². The third-order valence-corrected chi connectivity index (χ3v) is 5.07. The molecule has 1 fully saturated rings. The van der Waals surface area contributed by atoms with Crippen LogP contribution in [-0.2, 0) is 4.79 Å².